The first-order valence-electron chi connectivity index (χ1n) is 10.2. The highest BCUT2D eigenvalue weighted by Crippen LogP contribution is 2.30. The Morgan fingerprint density at radius 2 is 1.90 bits per heavy atom. The molecule has 1 aromatic heterocycles. The largest absolute Gasteiger partial charge is 0.397 e. The zero-order valence-electron chi connectivity index (χ0n) is 17.0. The number of rotatable bonds is 5. The number of benzene rings is 1. The van der Waals surface area contributed by atoms with Crippen molar-refractivity contribution >= 4 is 35.1 Å². The number of nitrogen functional groups attached to an aromatic ring is 1. The maximum Gasteiger partial charge on any atom is 0.214 e. The van der Waals surface area contributed by atoms with Crippen LogP contribution >= 0.6 is 23.5 Å². The molecule has 0 atom stereocenters. The second-order valence-corrected chi connectivity index (χ2v) is 8.88. The van der Waals surface area contributed by atoms with Gasteiger partial charge in [0.25, 0.3) is 0 Å². The Hall–Kier alpha value is -1.61. The van der Waals surface area contributed by atoms with Crippen LogP contribution in [0.4, 0.5) is 20.3 Å². The van der Waals surface area contributed by atoms with Crippen molar-refractivity contribution in [2.75, 3.05) is 30.6 Å². The van der Waals surface area contributed by atoms with E-state index in [1.807, 2.05) is 0 Å². The lowest BCUT2D eigenvalue weighted by Gasteiger charge is -2.42. The van der Waals surface area contributed by atoms with Crippen LogP contribution in [0.1, 0.15) is 32.1 Å². The molecule has 164 valence electrons. The van der Waals surface area contributed by atoms with Crippen LogP contribution in [0, 0.1) is 11.8 Å². The topological polar surface area (TPSA) is 66.2 Å². The predicted molar refractivity (Wildman–Crippen MR) is 121 cm³/mol. The van der Waals surface area contributed by atoms with Gasteiger partial charge in [0.1, 0.15) is 11.6 Å². The summed E-state index contributed by atoms with van der Waals surface area (Å²) in [5, 5.41) is 3.60. The molecule has 1 aromatic carbocycles. The van der Waals surface area contributed by atoms with Gasteiger partial charge < -0.3 is 15.8 Å². The monoisotopic (exact) mass is 455 g/mol. The summed E-state index contributed by atoms with van der Waals surface area (Å²) in [7, 11) is 2.31. The van der Waals surface area contributed by atoms with Crippen molar-refractivity contribution in [2.24, 2.45) is 0 Å². The van der Waals surface area contributed by atoms with E-state index in [2.05, 4.69) is 27.0 Å². The Labute approximate surface area is 185 Å². The molecule has 0 radical (unpaired) electrons. The number of likely N-dealkylation sites (N-methyl/N-ethyl adjacent to an activating group) is 1. The third-order valence-electron chi connectivity index (χ3n) is 5.52. The zero-order valence-corrected chi connectivity index (χ0v) is 18.6. The first-order chi connectivity index (χ1) is 14.4. The molecule has 0 amide bonds. The highest BCUT2D eigenvalue weighted by molar-refractivity contribution is 8.00. The Balaban J connectivity index is 0.000000184. The van der Waals surface area contributed by atoms with Gasteiger partial charge in [0.05, 0.1) is 15.6 Å². The molecule has 4 N–H and O–H groups in total. The lowest BCUT2D eigenvalue weighted by atomic mass is 9.93. The minimum atomic E-state index is -0.614. The van der Waals surface area contributed by atoms with Gasteiger partial charge in [0.2, 0.25) is 5.95 Å². The zero-order chi connectivity index (χ0) is 21.5. The van der Waals surface area contributed by atoms with E-state index in [-0.39, 0.29) is 21.4 Å². The summed E-state index contributed by atoms with van der Waals surface area (Å²) in [5.41, 5.74) is 5.62. The van der Waals surface area contributed by atoms with Crippen molar-refractivity contribution in [3.8, 4) is 0 Å². The van der Waals surface area contributed by atoms with E-state index in [9.17, 15) is 8.78 Å². The second-order valence-electron chi connectivity index (χ2n) is 7.62. The number of nitrogens with zero attached hydrogens (tertiary/aromatic N) is 2. The quantitative estimate of drug-likeness (QED) is 0.337. The summed E-state index contributed by atoms with van der Waals surface area (Å²) < 4.78 is 29.1. The molecule has 2 fully saturated rings. The van der Waals surface area contributed by atoms with E-state index in [1.54, 1.807) is 6.07 Å². The number of hydrogen-bond donors (Lipinski definition) is 3. The molecule has 5 nitrogen and oxygen atoms in total. The molecule has 4 rings (SSSR count). The fourth-order valence-electron chi connectivity index (χ4n) is 3.54. The Morgan fingerprint density at radius 3 is 2.53 bits per heavy atom. The highest BCUT2D eigenvalue weighted by atomic mass is 35.5. The van der Waals surface area contributed by atoms with Gasteiger partial charge in [-0.3, -0.25) is 4.90 Å². The number of pyridine rings is 1. The maximum atomic E-state index is 13.5. The molecule has 9 heteroatoms. The van der Waals surface area contributed by atoms with Crippen molar-refractivity contribution < 1.29 is 8.78 Å². The van der Waals surface area contributed by atoms with Gasteiger partial charge in [-0.25, -0.2) is 9.37 Å². The van der Waals surface area contributed by atoms with Crippen molar-refractivity contribution in [1.82, 2.24) is 15.2 Å². The van der Waals surface area contributed by atoms with Crippen molar-refractivity contribution in [3.63, 3.8) is 0 Å². The summed E-state index contributed by atoms with van der Waals surface area (Å²) in [6, 6.07) is 8.54. The second kappa shape index (κ2) is 11.1. The third-order valence-corrected chi connectivity index (χ3v) is 6.69. The molecular weight excluding hydrogens is 428 g/mol. The Morgan fingerprint density at radius 1 is 1.17 bits per heavy atom. The van der Waals surface area contributed by atoms with Crippen molar-refractivity contribution in [3.05, 3.63) is 47.1 Å². The number of nitrogens with one attached hydrogen (secondary N) is 2. The normalized spacial score (nSPS) is 17.2. The summed E-state index contributed by atoms with van der Waals surface area (Å²) in [4.78, 5) is 6.44. The molecule has 30 heavy (non-hydrogen) atoms. The van der Waals surface area contributed by atoms with Crippen LogP contribution in [0.2, 0.25) is 5.02 Å². The minimum absolute atomic E-state index is 0.169. The molecule has 1 saturated heterocycles. The van der Waals surface area contributed by atoms with E-state index in [0.717, 1.165) is 30.1 Å². The van der Waals surface area contributed by atoms with E-state index >= 15 is 0 Å². The van der Waals surface area contributed by atoms with Crippen LogP contribution in [0.15, 0.2) is 35.2 Å². The van der Waals surface area contributed by atoms with E-state index in [4.69, 9.17) is 17.3 Å². The number of anilines is 2. The van der Waals surface area contributed by atoms with Crippen LogP contribution in [0.25, 0.3) is 0 Å². The van der Waals surface area contributed by atoms with Gasteiger partial charge in [-0.1, -0.05) is 36.9 Å². The fraction of sp³-hybridized carbons (Fsp3) is 0.476. The molecule has 0 spiro atoms. The average molecular weight is 456 g/mol. The van der Waals surface area contributed by atoms with Crippen LogP contribution < -0.4 is 15.8 Å². The van der Waals surface area contributed by atoms with Gasteiger partial charge in [0.15, 0.2) is 0 Å². The number of hydrogen-bond acceptors (Lipinski definition) is 6. The SMILES string of the molecule is CN(C1CCCCC1)C1CNC1.Nc1cc(F)c(SNc2cccc(F)n2)cc1Cl. The fourth-order valence-corrected chi connectivity index (χ4v) is 4.43. The lowest BCUT2D eigenvalue weighted by molar-refractivity contribution is 0.102. The lowest BCUT2D eigenvalue weighted by Crippen LogP contribution is -2.58. The van der Waals surface area contributed by atoms with Gasteiger partial charge in [-0.05, 0) is 56.1 Å². The summed E-state index contributed by atoms with van der Waals surface area (Å²) in [5.74, 6) is -0.838. The van der Waals surface area contributed by atoms with Gasteiger partial charge >= 0.3 is 0 Å². The van der Waals surface area contributed by atoms with Crippen molar-refractivity contribution in [2.45, 2.75) is 49.1 Å². The van der Waals surface area contributed by atoms with E-state index < -0.39 is 11.8 Å². The summed E-state index contributed by atoms with van der Waals surface area (Å²) >= 11 is 6.72. The van der Waals surface area contributed by atoms with Crippen LogP contribution in [0.3, 0.4) is 0 Å². The third kappa shape index (κ3) is 6.44. The summed E-state index contributed by atoms with van der Waals surface area (Å²) in [6.07, 6.45) is 7.25. The minimum Gasteiger partial charge on any atom is -0.397 e. The number of nitrogens with two attached hydrogens (primary N) is 1. The number of halogens is 3. The van der Waals surface area contributed by atoms with Crippen molar-refractivity contribution in [1.29, 1.82) is 0 Å². The first-order valence-corrected chi connectivity index (χ1v) is 11.4. The Kier molecular flexibility index (Phi) is 8.56. The molecule has 2 heterocycles. The van der Waals surface area contributed by atoms with Crippen LogP contribution in [-0.2, 0) is 0 Å². The van der Waals surface area contributed by atoms with Gasteiger partial charge in [-0.15, -0.1) is 0 Å². The number of aromatic nitrogens is 1. The smallest absolute Gasteiger partial charge is 0.214 e. The molecule has 1 saturated carbocycles. The van der Waals surface area contributed by atoms with Crippen LogP contribution in [-0.4, -0.2) is 42.1 Å². The standard InChI is InChI=1S/C11H8ClF2N3S.C10H20N2/c12-6-4-9(7(13)5-8(6)15)18-17-11-3-1-2-10(14)16-11;1-12(10-7-11-8-10)9-5-3-2-4-6-9/h1-5H,15H2,(H,16,17);9-11H,2-8H2,1H3. The first kappa shape index (κ1) is 23.1. The van der Waals surface area contributed by atoms with Crippen LogP contribution in [0.5, 0.6) is 0 Å². The highest BCUT2D eigenvalue weighted by Gasteiger charge is 2.27. The van der Waals surface area contributed by atoms with E-state index in [0.29, 0.717) is 0 Å². The van der Waals surface area contributed by atoms with Gasteiger partial charge in [-0.2, -0.15) is 4.39 Å². The molecule has 1 aliphatic heterocycles. The summed E-state index contributed by atoms with van der Waals surface area (Å²) in [6.45, 7) is 2.43. The molecule has 2 aromatic rings. The van der Waals surface area contributed by atoms with E-state index in [1.165, 1.54) is 63.4 Å². The Bertz CT molecular complexity index is 831. The average Bonchev–Trinajstić information content (AvgIpc) is 2.70. The predicted octanol–water partition coefficient (Wildman–Crippen LogP) is 4.94. The van der Waals surface area contributed by atoms with Gasteiger partial charge in [0, 0.05) is 25.2 Å². The molecular formula is C21H28ClF2N5S. The molecule has 0 unspecified atom stereocenters. The maximum absolute atomic E-state index is 13.5. The molecule has 2 aliphatic rings. The molecule has 0 bridgehead atoms. The molecule has 1 aliphatic carbocycles.